The van der Waals surface area contributed by atoms with Gasteiger partial charge in [0.05, 0.1) is 0 Å². The van der Waals surface area contributed by atoms with Crippen LogP contribution in [0.5, 0.6) is 0 Å². The topological polar surface area (TPSA) is 65.8 Å². The molecule has 0 aliphatic rings. The summed E-state index contributed by atoms with van der Waals surface area (Å²) in [5.74, 6) is 1.37. The molecule has 0 bridgehead atoms. The van der Waals surface area contributed by atoms with Crippen LogP contribution in [0, 0.1) is 0 Å². The molecule has 0 unspecified atom stereocenters. The largest absolute Gasteiger partial charge is 0.337 e. The van der Waals surface area contributed by atoms with E-state index in [9.17, 15) is 4.79 Å². The van der Waals surface area contributed by atoms with Crippen LogP contribution >= 0.6 is 0 Å². The number of hydrogen-bond donors (Lipinski definition) is 0. The van der Waals surface area contributed by atoms with Gasteiger partial charge in [-0.05, 0) is 6.42 Å². The van der Waals surface area contributed by atoms with E-state index >= 15 is 0 Å². The molecule has 2 aromatic heterocycles. The Bertz CT molecular complexity index is 565. The third kappa shape index (κ3) is 2.52. The molecule has 18 heavy (non-hydrogen) atoms. The van der Waals surface area contributed by atoms with Crippen molar-refractivity contribution in [2.45, 2.75) is 46.2 Å². The quantitative estimate of drug-likeness (QED) is 0.808. The fraction of sp³-hybridized carbons (Fsp3) is 0.583. The van der Waals surface area contributed by atoms with Crippen LogP contribution in [0.2, 0.25) is 0 Å². The SMILES string of the molecule is CCCn1ccn(Cc2nc(C(C)C)no2)c1=O. The molecule has 2 aromatic rings. The first-order valence-electron chi connectivity index (χ1n) is 6.20. The maximum Gasteiger partial charge on any atom is 0.328 e. The second-order valence-electron chi connectivity index (χ2n) is 4.60. The summed E-state index contributed by atoms with van der Waals surface area (Å²) >= 11 is 0. The van der Waals surface area contributed by atoms with Gasteiger partial charge in [-0.2, -0.15) is 4.98 Å². The third-order valence-electron chi connectivity index (χ3n) is 2.69. The Morgan fingerprint density at radius 3 is 2.67 bits per heavy atom. The normalized spacial score (nSPS) is 11.3. The third-order valence-corrected chi connectivity index (χ3v) is 2.69. The molecule has 0 aliphatic carbocycles. The van der Waals surface area contributed by atoms with E-state index in [0.717, 1.165) is 13.0 Å². The van der Waals surface area contributed by atoms with Crippen molar-refractivity contribution >= 4 is 0 Å². The maximum atomic E-state index is 11.9. The fourth-order valence-corrected chi connectivity index (χ4v) is 1.70. The lowest BCUT2D eigenvalue weighted by Gasteiger charge is -1.97. The fourth-order valence-electron chi connectivity index (χ4n) is 1.70. The Labute approximate surface area is 105 Å². The highest BCUT2D eigenvalue weighted by atomic mass is 16.5. The molecule has 0 N–H and O–H groups in total. The number of imidazole rings is 1. The first-order chi connectivity index (χ1) is 8.61. The Morgan fingerprint density at radius 2 is 2.06 bits per heavy atom. The van der Waals surface area contributed by atoms with Crippen LogP contribution in [0.3, 0.4) is 0 Å². The van der Waals surface area contributed by atoms with Gasteiger partial charge < -0.3 is 4.52 Å². The summed E-state index contributed by atoms with van der Waals surface area (Å²) in [6.07, 6.45) is 4.46. The zero-order chi connectivity index (χ0) is 13.1. The molecule has 0 aliphatic heterocycles. The Hall–Kier alpha value is -1.85. The minimum Gasteiger partial charge on any atom is -0.337 e. The van der Waals surface area contributed by atoms with E-state index in [0.29, 0.717) is 18.3 Å². The zero-order valence-corrected chi connectivity index (χ0v) is 11.0. The number of aromatic nitrogens is 4. The molecule has 6 heteroatoms. The molecule has 0 saturated carbocycles. The second-order valence-corrected chi connectivity index (χ2v) is 4.60. The second kappa shape index (κ2) is 5.20. The van der Waals surface area contributed by atoms with Gasteiger partial charge in [-0.15, -0.1) is 0 Å². The number of rotatable bonds is 5. The average Bonchev–Trinajstić information content (AvgIpc) is 2.91. The van der Waals surface area contributed by atoms with Crippen LogP contribution in [-0.4, -0.2) is 19.3 Å². The Kier molecular flexibility index (Phi) is 3.64. The molecule has 6 nitrogen and oxygen atoms in total. The molecule has 2 rings (SSSR count). The molecule has 2 heterocycles. The smallest absolute Gasteiger partial charge is 0.328 e. The van der Waals surface area contributed by atoms with E-state index in [1.54, 1.807) is 21.5 Å². The lowest BCUT2D eigenvalue weighted by atomic mass is 10.2. The van der Waals surface area contributed by atoms with Crippen molar-refractivity contribution in [3.8, 4) is 0 Å². The number of aryl methyl sites for hydroxylation is 1. The lowest BCUT2D eigenvalue weighted by molar-refractivity contribution is 0.362. The van der Waals surface area contributed by atoms with Crippen LogP contribution in [-0.2, 0) is 13.1 Å². The monoisotopic (exact) mass is 250 g/mol. The molecule has 0 radical (unpaired) electrons. The highest BCUT2D eigenvalue weighted by Crippen LogP contribution is 2.09. The molecule has 0 amide bonds. The van der Waals surface area contributed by atoms with Gasteiger partial charge in [0, 0.05) is 24.9 Å². The van der Waals surface area contributed by atoms with E-state index in [2.05, 4.69) is 10.1 Å². The molecular weight excluding hydrogens is 232 g/mol. The van der Waals surface area contributed by atoms with Crippen molar-refractivity contribution in [2.24, 2.45) is 0 Å². The highest BCUT2D eigenvalue weighted by Gasteiger charge is 2.11. The van der Waals surface area contributed by atoms with Gasteiger partial charge in [0.15, 0.2) is 5.82 Å². The lowest BCUT2D eigenvalue weighted by Crippen LogP contribution is -2.24. The van der Waals surface area contributed by atoms with E-state index in [1.807, 2.05) is 20.8 Å². The molecule has 0 fully saturated rings. The average molecular weight is 250 g/mol. The standard InChI is InChI=1S/C12H18N4O2/c1-4-5-15-6-7-16(12(15)17)8-10-13-11(9(2)3)14-18-10/h6-7,9H,4-5,8H2,1-3H3. The van der Waals surface area contributed by atoms with Crippen LogP contribution in [0.1, 0.15) is 44.8 Å². The van der Waals surface area contributed by atoms with E-state index in [-0.39, 0.29) is 11.6 Å². The summed E-state index contributed by atoms with van der Waals surface area (Å²) in [7, 11) is 0. The predicted molar refractivity (Wildman–Crippen MR) is 66.5 cm³/mol. The minimum absolute atomic E-state index is 0.0406. The van der Waals surface area contributed by atoms with Crippen molar-refractivity contribution in [3.05, 3.63) is 34.6 Å². The minimum atomic E-state index is -0.0406. The van der Waals surface area contributed by atoms with E-state index < -0.39 is 0 Å². The highest BCUT2D eigenvalue weighted by molar-refractivity contribution is 4.93. The number of nitrogens with zero attached hydrogens (tertiary/aromatic N) is 4. The summed E-state index contributed by atoms with van der Waals surface area (Å²) in [5, 5.41) is 3.88. The van der Waals surface area contributed by atoms with Gasteiger partial charge in [0.25, 0.3) is 0 Å². The summed E-state index contributed by atoms with van der Waals surface area (Å²) in [4.78, 5) is 16.2. The first kappa shape index (κ1) is 12.6. The maximum absolute atomic E-state index is 11.9. The number of hydrogen-bond acceptors (Lipinski definition) is 4. The van der Waals surface area contributed by atoms with Gasteiger partial charge in [-0.1, -0.05) is 25.9 Å². The first-order valence-corrected chi connectivity index (χ1v) is 6.20. The summed E-state index contributed by atoms with van der Waals surface area (Å²) in [6.45, 7) is 7.09. The molecule has 98 valence electrons. The molecule has 0 saturated heterocycles. The van der Waals surface area contributed by atoms with Gasteiger partial charge in [0.1, 0.15) is 6.54 Å². The van der Waals surface area contributed by atoms with Crippen LogP contribution < -0.4 is 5.69 Å². The van der Waals surface area contributed by atoms with Crippen molar-refractivity contribution in [2.75, 3.05) is 0 Å². The summed E-state index contributed by atoms with van der Waals surface area (Å²) < 4.78 is 8.38. The van der Waals surface area contributed by atoms with E-state index in [1.165, 1.54) is 0 Å². The summed E-state index contributed by atoms with van der Waals surface area (Å²) in [5.41, 5.74) is -0.0406. The van der Waals surface area contributed by atoms with Crippen molar-refractivity contribution in [3.63, 3.8) is 0 Å². The van der Waals surface area contributed by atoms with Crippen molar-refractivity contribution in [1.29, 1.82) is 0 Å². The van der Waals surface area contributed by atoms with Gasteiger partial charge >= 0.3 is 5.69 Å². The van der Waals surface area contributed by atoms with Crippen LogP contribution in [0.15, 0.2) is 21.7 Å². The summed E-state index contributed by atoms with van der Waals surface area (Å²) in [6, 6.07) is 0. The Morgan fingerprint density at radius 1 is 1.33 bits per heavy atom. The zero-order valence-electron chi connectivity index (χ0n) is 11.0. The molecular formula is C12H18N4O2. The van der Waals surface area contributed by atoms with Gasteiger partial charge in [-0.3, -0.25) is 9.13 Å². The van der Waals surface area contributed by atoms with Gasteiger partial charge in [-0.25, -0.2) is 4.79 Å². The van der Waals surface area contributed by atoms with Gasteiger partial charge in [0.2, 0.25) is 5.89 Å². The van der Waals surface area contributed by atoms with Crippen molar-refractivity contribution < 1.29 is 4.52 Å². The molecule has 0 atom stereocenters. The van der Waals surface area contributed by atoms with Crippen LogP contribution in [0.4, 0.5) is 0 Å². The Balaban J connectivity index is 2.15. The van der Waals surface area contributed by atoms with Crippen molar-refractivity contribution in [1.82, 2.24) is 19.3 Å². The van der Waals surface area contributed by atoms with E-state index in [4.69, 9.17) is 4.52 Å². The predicted octanol–water partition coefficient (Wildman–Crippen LogP) is 1.61. The molecule has 0 spiro atoms. The molecule has 0 aromatic carbocycles. The van der Waals surface area contributed by atoms with Crippen LogP contribution in [0.25, 0.3) is 0 Å².